The second-order valence-corrected chi connectivity index (χ2v) is 11.4. The van der Waals surface area contributed by atoms with Gasteiger partial charge in [0.2, 0.25) is 0 Å². The van der Waals surface area contributed by atoms with Gasteiger partial charge < -0.3 is 25.0 Å². The molecule has 2 aliphatic heterocycles. The average molecular weight is 558 g/mol. The topological polar surface area (TPSA) is 97.0 Å². The average Bonchev–Trinajstić information content (AvgIpc) is 3.23. The molecule has 1 fully saturated rings. The highest BCUT2D eigenvalue weighted by atomic mass is 19.3. The van der Waals surface area contributed by atoms with Gasteiger partial charge in [0, 0.05) is 56.1 Å². The molecule has 40 heavy (non-hydrogen) atoms. The molecule has 3 amide bonds. The van der Waals surface area contributed by atoms with Crippen LogP contribution in [0.5, 0.6) is 5.75 Å². The molecule has 2 heterocycles. The first-order chi connectivity index (χ1) is 18.8. The Morgan fingerprint density at radius 2 is 1.82 bits per heavy atom. The third kappa shape index (κ3) is 6.37. The normalized spacial score (nSPS) is 21.7. The van der Waals surface area contributed by atoms with Crippen LogP contribution in [0.2, 0.25) is 0 Å². The van der Waals surface area contributed by atoms with E-state index in [-0.39, 0.29) is 49.2 Å². The number of rotatable bonds is 6. The Morgan fingerprint density at radius 1 is 1.12 bits per heavy atom. The van der Waals surface area contributed by atoms with E-state index in [0.717, 1.165) is 11.1 Å². The summed E-state index contributed by atoms with van der Waals surface area (Å²) in [5.41, 5.74) is 1.45. The third-order valence-corrected chi connectivity index (χ3v) is 7.30. The van der Waals surface area contributed by atoms with Gasteiger partial charge >= 0.3 is 6.09 Å². The lowest BCUT2D eigenvalue weighted by Gasteiger charge is -2.38. The van der Waals surface area contributed by atoms with E-state index in [0.29, 0.717) is 5.75 Å². The highest BCUT2D eigenvalue weighted by molar-refractivity contribution is 6.02. The summed E-state index contributed by atoms with van der Waals surface area (Å²) >= 11 is 0. The van der Waals surface area contributed by atoms with E-state index in [2.05, 4.69) is 10.6 Å². The standard InChI is InChI=1S/C30H37F2N3O5/c1-18-24(19-9-7-6-8-10-19)22-15-20(16-23(25(22)39-18)27(37)33-5)26(36)34-13-11-21-17-35(14-12-30(21,31)32)28(38)40-29(2,3)4/h6-10,15-16,18,21,24H,11-14,17H2,1-5H3,(H,33,37)(H,34,36)/t18-,21?,24+/m0/s1. The fourth-order valence-electron chi connectivity index (χ4n) is 5.30. The Bertz CT molecular complexity index is 1260. The van der Waals surface area contributed by atoms with Crippen LogP contribution in [0.1, 0.15) is 78.3 Å². The fraction of sp³-hybridized carbons (Fsp3) is 0.500. The Morgan fingerprint density at radius 3 is 2.48 bits per heavy atom. The SMILES string of the molecule is CNC(=O)c1cc(C(=O)NCCC2CN(C(=O)OC(C)(C)C)CCC2(F)F)cc2c1O[C@@H](C)[C@@H]2c1ccccc1. The maximum atomic E-state index is 14.7. The first-order valence-electron chi connectivity index (χ1n) is 13.6. The Balaban J connectivity index is 1.50. The van der Waals surface area contributed by atoms with Gasteiger partial charge in [-0.1, -0.05) is 30.3 Å². The van der Waals surface area contributed by atoms with Crippen molar-refractivity contribution in [3.63, 3.8) is 0 Å². The molecular formula is C30H37F2N3O5. The summed E-state index contributed by atoms with van der Waals surface area (Å²) in [7, 11) is 1.50. The van der Waals surface area contributed by atoms with Gasteiger partial charge in [0.1, 0.15) is 17.5 Å². The summed E-state index contributed by atoms with van der Waals surface area (Å²) in [6.07, 6.45) is -1.38. The highest BCUT2D eigenvalue weighted by Crippen LogP contribution is 2.45. The molecule has 4 rings (SSSR count). The van der Waals surface area contributed by atoms with Gasteiger partial charge in [0.25, 0.3) is 17.7 Å². The maximum absolute atomic E-state index is 14.7. The van der Waals surface area contributed by atoms with Crippen molar-refractivity contribution >= 4 is 17.9 Å². The van der Waals surface area contributed by atoms with Crippen molar-refractivity contribution in [2.24, 2.45) is 5.92 Å². The summed E-state index contributed by atoms with van der Waals surface area (Å²) in [5.74, 6) is -4.74. The predicted molar refractivity (Wildman–Crippen MR) is 146 cm³/mol. The molecule has 8 nitrogen and oxygen atoms in total. The number of hydrogen-bond acceptors (Lipinski definition) is 5. The number of likely N-dealkylation sites (tertiary alicyclic amines) is 1. The smallest absolute Gasteiger partial charge is 0.410 e. The number of alkyl halides is 2. The number of hydrogen-bond donors (Lipinski definition) is 2. The van der Waals surface area contributed by atoms with E-state index in [1.165, 1.54) is 18.0 Å². The van der Waals surface area contributed by atoms with Gasteiger partial charge in [-0.3, -0.25) is 9.59 Å². The van der Waals surface area contributed by atoms with Gasteiger partial charge in [0.05, 0.1) is 5.56 Å². The molecule has 3 atom stereocenters. The number of nitrogens with one attached hydrogen (secondary N) is 2. The molecule has 0 radical (unpaired) electrons. The van der Waals surface area contributed by atoms with Gasteiger partial charge in [-0.05, 0) is 51.8 Å². The number of nitrogens with zero attached hydrogens (tertiary/aromatic N) is 1. The van der Waals surface area contributed by atoms with Crippen LogP contribution < -0.4 is 15.4 Å². The number of ether oxygens (including phenoxy) is 2. The van der Waals surface area contributed by atoms with Crippen LogP contribution in [-0.2, 0) is 4.74 Å². The van der Waals surface area contributed by atoms with Crippen molar-refractivity contribution in [2.45, 2.75) is 64.1 Å². The summed E-state index contributed by atoms with van der Waals surface area (Å²) in [6, 6.07) is 12.9. The molecule has 1 saturated heterocycles. The van der Waals surface area contributed by atoms with Crippen LogP contribution in [-0.4, -0.2) is 67.1 Å². The molecule has 2 aliphatic rings. The number of carbonyl (C=O) groups excluding carboxylic acids is 3. The van der Waals surface area contributed by atoms with E-state index in [1.54, 1.807) is 26.8 Å². The molecule has 0 aliphatic carbocycles. The largest absolute Gasteiger partial charge is 0.489 e. The van der Waals surface area contributed by atoms with Crippen molar-refractivity contribution in [1.29, 1.82) is 0 Å². The maximum Gasteiger partial charge on any atom is 0.410 e. The molecule has 0 bridgehead atoms. The van der Waals surface area contributed by atoms with Crippen molar-refractivity contribution in [3.8, 4) is 5.75 Å². The molecule has 0 saturated carbocycles. The predicted octanol–water partition coefficient (Wildman–Crippen LogP) is 4.97. The minimum Gasteiger partial charge on any atom is -0.489 e. The Kier molecular flexibility index (Phi) is 8.37. The number of halogens is 2. The van der Waals surface area contributed by atoms with Crippen LogP contribution in [0.3, 0.4) is 0 Å². The minimum absolute atomic E-state index is 0.0251. The van der Waals surface area contributed by atoms with Crippen LogP contribution in [0, 0.1) is 5.92 Å². The molecule has 10 heteroatoms. The van der Waals surface area contributed by atoms with Crippen molar-refractivity contribution in [1.82, 2.24) is 15.5 Å². The van der Waals surface area contributed by atoms with Crippen molar-refractivity contribution in [3.05, 3.63) is 64.7 Å². The van der Waals surface area contributed by atoms with Crippen LogP contribution in [0.4, 0.5) is 13.6 Å². The molecule has 2 N–H and O–H groups in total. The zero-order valence-electron chi connectivity index (χ0n) is 23.6. The van der Waals surface area contributed by atoms with E-state index < -0.39 is 41.8 Å². The molecular weight excluding hydrogens is 520 g/mol. The van der Waals surface area contributed by atoms with E-state index in [4.69, 9.17) is 9.47 Å². The third-order valence-electron chi connectivity index (χ3n) is 7.30. The number of carbonyl (C=O) groups is 3. The van der Waals surface area contributed by atoms with Crippen LogP contribution >= 0.6 is 0 Å². The highest BCUT2D eigenvalue weighted by Gasteiger charge is 2.45. The second-order valence-electron chi connectivity index (χ2n) is 11.4. The van der Waals surface area contributed by atoms with Crippen molar-refractivity contribution < 1.29 is 32.6 Å². The van der Waals surface area contributed by atoms with E-state index >= 15 is 0 Å². The summed E-state index contributed by atoms with van der Waals surface area (Å²) in [5, 5.41) is 5.32. The molecule has 0 spiro atoms. The van der Waals surface area contributed by atoms with E-state index in [1.807, 2.05) is 37.3 Å². The van der Waals surface area contributed by atoms with Gasteiger partial charge in [-0.2, -0.15) is 0 Å². The number of amides is 3. The number of benzene rings is 2. The molecule has 1 unspecified atom stereocenters. The second kappa shape index (κ2) is 11.4. The lowest BCUT2D eigenvalue weighted by atomic mass is 9.87. The molecule has 0 aromatic heterocycles. The molecule has 2 aromatic carbocycles. The fourth-order valence-corrected chi connectivity index (χ4v) is 5.30. The van der Waals surface area contributed by atoms with Gasteiger partial charge in [0.15, 0.2) is 0 Å². The quantitative estimate of drug-likeness (QED) is 0.523. The van der Waals surface area contributed by atoms with Crippen LogP contribution in [0.15, 0.2) is 42.5 Å². The summed E-state index contributed by atoms with van der Waals surface area (Å²) < 4.78 is 40.9. The molecule has 216 valence electrons. The number of fused-ring (bicyclic) bond motifs is 1. The minimum atomic E-state index is -2.97. The summed E-state index contributed by atoms with van der Waals surface area (Å²) in [6.45, 7) is 6.80. The Labute approximate surface area is 233 Å². The lowest BCUT2D eigenvalue weighted by molar-refractivity contribution is -0.107. The Hall–Kier alpha value is -3.69. The van der Waals surface area contributed by atoms with Gasteiger partial charge in [-0.15, -0.1) is 0 Å². The first kappa shape index (κ1) is 29.3. The summed E-state index contributed by atoms with van der Waals surface area (Å²) in [4.78, 5) is 39.7. The van der Waals surface area contributed by atoms with Crippen LogP contribution in [0.25, 0.3) is 0 Å². The van der Waals surface area contributed by atoms with Gasteiger partial charge in [-0.25, -0.2) is 13.6 Å². The monoisotopic (exact) mass is 557 g/mol. The lowest BCUT2D eigenvalue weighted by Crippen LogP contribution is -2.51. The zero-order chi connectivity index (χ0) is 29.2. The zero-order valence-corrected chi connectivity index (χ0v) is 23.6. The number of piperidine rings is 1. The van der Waals surface area contributed by atoms with Crippen molar-refractivity contribution in [2.75, 3.05) is 26.7 Å². The van der Waals surface area contributed by atoms with E-state index in [9.17, 15) is 23.2 Å². The first-order valence-corrected chi connectivity index (χ1v) is 13.6. The molecule has 2 aromatic rings.